The second-order valence-corrected chi connectivity index (χ2v) is 7.45. The molecule has 0 fully saturated rings. The van der Waals surface area contributed by atoms with Crippen molar-refractivity contribution in [2.75, 3.05) is 5.32 Å². The molecule has 134 valence electrons. The maximum Gasteiger partial charge on any atom is 0.328 e. The number of benzene rings is 1. The van der Waals surface area contributed by atoms with Gasteiger partial charge in [-0.2, -0.15) is 0 Å². The van der Waals surface area contributed by atoms with Crippen LogP contribution in [0.2, 0.25) is 5.02 Å². The standard InChI is InChI=1S/C15H17ClN4O4S/c1-9(2)18-15(22)20-25(23,24)14-8-17-6-5-13(14)19-12-4-3-10(21)7-11(12)16/h3-9,21H,1-2H3,(H,17,19)(H2,18,20,22). The summed E-state index contributed by atoms with van der Waals surface area (Å²) in [5.41, 5.74) is 0.557. The van der Waals surface area contributed by atoms with Crippen LogP contribution in [0, 0.1) is 0 Å². The molecule has 2 rings (SSSR count). The van der Waals surface area contributed by atoms with Crippen LogP contribution in [0.15, 0.2) is 41.6 Å². The third-order valence-electron chi connectivity index (χ3n) is 2.94. The molecule has 0 atom stereocenters. The number of nitrogens with one attached hydrogen (secondary N) is 3. The minimum Gasteiger partial charge on any atom is -0.508 e. The summed E-state index contributed by atoms with van der Waals surface area (Å²) in [6.07, 6.45) is 2.51. The van der Waals surface area contributed by atoms with Crippen LogP contribution in [-0.2, 0) is 10.0 Å². The number of aromatic nitrogens is 1. The molecule has 0 aliphatic carbocycles. The summed E-state index contributed by atoms with van der Waals surface area (Å²) in [4.78, 5) is 15.3. The number of carbonyl (C=O) groups is 1. The molecule has 0 radical (unpaired) electrons. The number of amides is 2. The minimum atomic E-state index is -4.16. The number of sulfonamides is 1. The molecule has 2 aromatic rings. The van der Waals surface area contributed by atoms with Gasteiger partial charge in [-0.1, -0.05) is 11.6 Å². The van der Waals surface area contributed by atoms with Crippen molar-refractivity contribution in [2.45, 2.75) is 24.8 Å². The van der Waals surface area contributed by atoms with Gasteiger partial charge in [-0.15, -0.1) is 0 Å². The number of phenolic OH excluding ortho intramolecular Hbond substituents is 1. The van der Waals surface area contributed by atoms with E-state index in [4.69, 9.17) is 11.6 Å². The molecule has 2 amide bonds. The second-order valence-electron chi connectivity index (χ2n) is 5.39. The summed E-state index contributed by atoms with van der Waals surface area (Å²) >= 11 is 6.02. The van der Waals surface area contributed by atoms with Crippen LogP contribution in [0.1, 0.15) is 13.8 Å². The zero-order chi connectivity index (χ0) is 18.6. The molecule has 0 bridgehead atoms. The van der Waals surface area contributed by atoms with E-state index in [1.54, 1.807) is 13.8 Å². The third kappa shape index (κ3) is 4.97. The monoisotopic (exact) mass is 384 g/mol. The molecule has 0 aliphatic rings. The molecule has 0 saturated heterocycles. The Balaban J connectivity index is 2.32. The van der Waals surface area contributed by atoms with Crippen molar-refractivity contribution in [3.8, 4) is 5.75 Å². The van der Waals surface area contributed by atoms with E-state index in [0.29, 0.717) is 5.69 Å². The van der Waals surface area contributed by atoms with E-state index in [9.17, 15) is 18.3 Å². The quantitative estimate of drug-likeness (QED) is 0.588. The van der Waals surface area contributed by atoms with E-state index in [1.807, 2.05) is 4.72 Å². The lowest BCUT2D eigenvalue weighted by Gasteiger charge is -2.15. The Morgan fingerprint density at radius 1 is 1.24 bits per heavy atom. The Labute approximate surface area is 150 Å². The average molecular weight is 385 g/mol. The number of rotatable bonds is 5. The van der Waals surface area contributed by atoms with Crippen LogP contribution < -0.4 is 15.4 Å². The fourth-order valence-electron chi connectivity index (χ4n) is 1.92. The lowest BCUT2D eigenvalue weighted by atomic mass is 10.3. The smallest absolute Gasteiger partial charge is 0.328 e. The first-order chi connectivity index (χ1) is 11.7. The van der Waals surface area contributed by atoms with Crippen LogP contribution in [-0.4, -0.2) is 30.6 Å². The number of phenols is 1. The summed E-state index contributed by atoms with van der Waals surface area (Å²) in [5, 5.41) is 14.9. The molecule has 0 spiro atoms. The van der Waals surface area contributed by atoms with Gasteiger partial charge in [0, 0.05) is 24.5 Å². The summed E-state index contributed by atoms with van der Waals surface area (Å²) in [6, 6.07) is 4.57. The molecule has 4 N–H and O–H groups in total. The van der Waals surface area contributed by atoms with Crippen molar-refractivity contribution >= 4 is 39.0 Å². The van der Waals surface area contributed by atoms with Crippen LogP contribution >= 0.6 is 11.6 Å². The summed E-state index contributed by atoms with van der Waals surface area (Å²) < 4.78 is 26.8. The highest BCUT2D eigenvalue weighted by molar-refractivity contribution is 7.90. The predicted octanol–water partition coefficient (Wildman–Crippen LogP) is 2.58. The molecule has 0 aliphatic heterocycles. The van der Waals surface area contributed by atoms with E-state index < -0.39 is 16.1 Å². The van der Waals surface area contributed by atoms with Crippen LogP contribution in [0.3, 0.4) is 0 Å². The number of carbonyl (C=O) groups excluding carboxylic acids is 1. The summed E-state index contributed by atoms with van der Waals surface area (Å²) in [5.74, 6) is -0.0230. The van der Waals surface area contributed by atoms with Gasteiger partial charge in [0.15, 0.2) is 0 Å². The molecule has 1 aromatic heterocycles. The average Bonchev–Trinajstić information content (AvgIpc) is 2.49. The topological polar surface area (TPSA) is 120 Å². The van der Waals surface area contributed by atoms with Gasteiger partial charge >= 0.3 is 6.03 Å². The van der Waals surface area contributed by atoms with Crippen molar-refractivity contribution < 1.29 is 18.3 Å². The number of halogens is 1. The zero-order valence-electron chi connectivity index (χ0n) is 13.4. The molecule has 25 heavy (non-hydrogen) atoms. The Hall–Kier alpha value is -2.52. The molecule has 0 unspecified atom stereocenters. The van der Waals surface area contributed by atoms with Gasteiger partial charge in [0.05, 0.1) is 16.4 Å². The third-order valence-corrected chi connectivity index (χ3v) is 4.61. The van der Waals surface area contributed by atoms with E-state index in [1.165, 1.54) is 30.5 Å². The zero-order valence-corrected chi connectivity index (χ0v) is 15.0. The van der Waals surface area contributed by atoms with Gasteiger partial charge in [-0.05, 0) is 32.0 Å². The molecule has 8 nitrogen and oxygen atoms in total. The SMILES string of the molecule is CC(C)NC(=O)NS(=O)(=O)c1cnccc1Nc1ccc(O)cc1Cl. The Morgan fingerprint density at radius 2 is 1.96 bits per heavy atom. The number of aromatic hydroxyl groups is 1. The lowest BCUT2D eigenvalue weighted by Crippen LogP contribution is -2.42. The van der Waals surface area contributed by atoms with Gasteiger partial charge in [-0.25, -0.2) is 17.9 Å². The van der Waals surface area contributed by atoms with Crippen LogP contribution in [0.5, 0.6) is 5.75 Å². The van der Waals surface area contributed by atoms with Crippen molar-refractivity contribution in [2.24, 2.45) is 0 Å². The van der Waals surface area contributed by atoms with Crippen molar-refractivity contribution in [1.82, 2.24) is 15.0 Å². The van der Waals surface area contributed by atoms with Crippen molar-refractivity contribution in [3.05, 3.63) is 41.7 Å². The van der Waals surface area contributed by atoms with E-state index in [2.05, 4.69) is 15.6 Å². The van der Waals surface area contributed by atoms with Gasteiger partial charge < -0.3 is 15.7 Å². The molecule has 1 heterocycles. The van der Waals surface area contributed by atoms with Crippen molar-refractivity contribution in [1.29, 1.82) is 0 Å². The Morgan fingerprint density at radius 3 is 2.60 bits per heavy atom. The highest BCUT2D eigenvalue weighted by Gasteiger charge is 2.22. The van der Waals surface area contributed by atoms with Gasteiger partial charge in [0.1, 0.15) is 10.6 Å². The maximum absolute atomic E-state index is 12.4. The number of nitrogens with zero attached hydrogens (tertiary/aromatic N) is 1. The maximum atomic E-state index is 12.4. The van der Waals surface area contributed by atoms with Crippen molar-refractivity contribution in [3.63, 3.8) is 0 Å². The number of pyridine rings is 1. The number of urea groups is 1. The Bertz CT molecular complexity index is 887. The fraction of sp³-hybridized carbons (Fsp3) is 0.200. The van der Waals surface area contributed by atoms with E-state index in [0.717, 1.165) is 6.20 Å². The van der Waals surface area contributed by atoms with E-state index in [-0.39, 0.29) is 27.4 Å². The molecular formula is C15H17ClN4O4S. The van der Waals surface area contributed by atoms with Gasteiger partial charge in [0.25, 0.3) is 10.0 Å². The normalized spacial score (nSPS) is 11.2. The highest BCUT2D eigenvalue weighted by Crippen LogP contribution is 2.31. The molecular weight excluding hydrogens is 368 g/mol. The number of hydrogen-bond acceptors (Lipinski definition) is 6. The summed E-state index contributed by atoms with van der Waals surface area (Å²) in [6.45, 7) is 3.41. The first-order valence-electron chi connectivity index (χ1n) is 7.22. The predicted molar refractivity (Wildman–Crippen MR) is 94.6 cm³/mol. The van der Waals surface area contributed by atoms with Gasteiger partial charge in [-0.3, -0.25) is 4.98 Å². The summed E-state index contributed by atoms with van der Waals surface area (Å²) in [7, 11) is -4.16. The fourth-order valence-corrected chi connectivity index (χ4v) is 3.16. The van der Waals surface area contributed by atoms with E-state index >= 15 is 0 Å². The lowest BCUT2D eigenvalue weighted by molar-refractivity contribution is 0.243. The number of anilines is 2. The largest absolute Gasteiger partial charge is 0.508 e. The highest BCUT2D eigenvalue weighted by atomic mass is 35.5. The molecule has 10 heteroatoms. The minimum absolute atomic E-state index is 0.0230. The van der Waals surface area contributed by atoms with Gasteiger partial charge in [0.2, 0.25) is 0 Å². The van der Waals surface area contributed by atoms with Crippen LogP contribution in [0.25, 0.3) is 0 Å². The first-order valence-corrected chi connectivity index (χ1v) is 9.08. The molecule has 1 aromatic carbocycles. The second kappa shape index (κ2) is 7.58. The van der Waals surface area contributed by atoms with Crippen LogP contribution in [0.4, 0.5) is 16.2 Å². The first kappa shape index (κ1) is 18.8. The Kier molecular flexibility index (Phi) is 5.70. The molecule has 0 saturated carbocycles. The number of hydrogen-bond donors (Lipinski definition) is 4.